The summed E-state index contributed by atoms with van der Waals surface area (Å²) in [5.41, 5.74) is 1.24. The lowest BCUT2D eigenvalue weighted by atomic mass is 9.82. The van der Waals surface area contributed by atoms with Crippen molar-refractivity contribution in [3.63, 3.8) is 0 Å². The normalized spacial score (nSPS) is 19.4. The zero-order valence-corrected chi connectivity index (χ0v) is 18.6. The number of allylic oxidation sites excluding steroid dienone is 1. The third-order valence-corrected chi connectivity index (χ3v) is 7.17. The lowest BCUT2D eigenvalue weighted by Crippen LogP contribution is -2.45. The largest absolute Gasteiger partial charge is 0.481 e. The van der Waals surface area contributed by atoms with Gasteiger partial charge in [-0.05, 0) is 50.9 Å². The fourth-order valence-electron chi connectivity index (χ4n) is 3.41. The van der Waals surface area contributed by atoms with E-state index in [4.69, 9.17) is 5.11 Å². The molecule has 1 saturated carbocycles. The molecule has 0 bridgehead atoms. The zero-order chi connectivity index (χ0) is 20.7. The molecule has 28 heavy (non-hydrogen) atoms. The van der Waals surface area contributed by atoms with Gasteiger partial charge in [-0.15, -0.1) is 11.8 Å². The van der Waals surface area contributed by atoms with E-state index in [1.54, 1.807) is 6.20 Å². The number of carboxylic acids is 1. The number of thiazole rings is 1. The quantitative estimate of drug-likeness (QED) is 0.412. The van der Waals surface area contributed by atoms with Crippen molar-refractivity contribution < 1.29 is 14.7 Å². The van der Waals surface area contributed by atoms with Crippen molar-refractivity contribution in [2.45, 2.75) is 63.1 Å². The molecular weight excluding hydrogens is 394 g/mol. The number of hydrogen-bond acceptors (Lipinski definition) is 5. The maximum atomic E-state index is 13.0. The maximum Gasteiger partial charge on any atom is 0.323 e. The third-order valence-electron chi connectivity index (χ3n) is 5.08. The van der Waals surface area contributed by atoms with Crippen molar-refractivity contribution in [2.75, 3.05) is 17.6 Å². The van der Waals surface area contributed by atoms with Gasteiger partial charge >= 0.3 is 12.0 Å². The Hall–Kier alpha value is -1.54. The molecule has 2 amide bonds. The van der Waals surface area contributed by atoms with E-state index < -0.39 is 5.97 Å². The summed E-state index contributed by atoms with van der Waals surface area (Å²) in [6.07, 6.45) is 6.74. The van der Waals surface area contributed by atoms with Gasteiger partial charge in [0.25, 0.3) is 0 Å². The first-order valence-corrected chi connectivity index (χ1v) is 11.6. The van der Waals surface area contributed by atoms with Crippen molar-refractivity contribution in [3.8, 4) is 0 Å². The fourth-order valence-corrected chi connectivity index (χ4v) is 4.99. The van der Waals surface area contributed by atoms with Crippen LogP contribution in [0.15, 0.2) is 22.6 Å². The molecule has 0 radical (unpaired) electrons. The van der Waals surface area contributed by atoms with E-state index in [1.807, 2.05) is 4.90 Å². The average Bonchev–Trinajstić information content (AvgIpc) is 3.07. The van der Waals surface area contributed by atoms with E-state index in [2.05, 4.69) is 37.7 Å². The first-order valence-electron chi connectivity index (χ1n) is 9.79. The minimum atomic E-state index is -0.866. The van der Waals surface area contributed by atoms with Crippen LogP contribution in [0.3, 0.4) is 0 Å². The summed E-state index contributed by atoms with van der Waals surface area (Å²) >= 11 is 2.53. The Morgan fingerprint density at radius 3 is 2.64 bits per heavy atom. The average molecular weight is 426 g/mol. The Kier molecular flexibility index (Phi) is 8.82. The minimum Gasteiger partial charge on any atom is -0.481 e. The Labute approximate surface area is 175 Å². The Morgan fingerprint density at radius 2 is 2.07 bits per heavy atom. The van der Waals surface area contributed by atoms with Gasteiger partial charge in [-0.2, -0.15) is 0 Å². The summed E-state index contributed by atoms with van der Waals surface area (Å²) < 4.78 is 0.786. The number of nitrogens with zero attached hydrogens (tertiary/aromatic N) is 2. The number of carboxylic acid groups (broad SMARTS) is 1. The number of amides is 2. The monoisotopic (exact) mass is 425 g/mol. The van der Waals surface area contributed by atoms with Gasteiger partial charge in [0.2, 0.25) is 0 Å². The Morgan fingerprint density at radius 1 is 1.39 bits per heavy atom. The van der Waals surface area contributed by atoms with Crippen molar-refractivity contribution in [1.29, 1.82) is 0 Å². The van der Waals surface area contributed by atoms with Crippen molar-refractivity contribution >= 4 is 40.2 Å². The highest BCUT2D eigenvalue weighted by Crippen LogP contribution is 2.33. The first kappa shape index (κ1) is 22.7. The lowest BCUT2D eigenvalue weighted by Gasteiger charge is -2.37. The summed E-state index contributed by atoms with van der Waals surface area (Å²) in [5.74, 6) is 0.219. The van der Waals surface area contributed by atoms with Crippen LogP contribution in [-0.2, 0) is 4.79 Å². The summed E-state index contributed by atoms with van der Waals surface area (Å²) in [6, 6.07) is 0.138. The molecule has 1 aromatic heterocycles. The number of carbonyl (C=O) groups excluding carboxylic acids is 1. The summed E-state index contributed by atoms with van der Waals surface area (Å²) in [7, 11) is 0. The molecule has 1 aliphatic carbocycles. The van der Waals surface area contributed by atoms with Crippen LogP contribution >= 0.6 is 23.1 Å². The van der Waals surface area contributed by atoms with Gasteiger partial charge in [0, 0.05) is 12.6 Å². The number of hydrogen-bond donors (Lipinski definition) is 2. The molecule has 8 heteroatoms. The van der Waals surface area contributed by atoms with Crippen LogP contribution < -0.4 is 5.32 Å². The summed E-state index contributed by atoms with van der Waals surface area (Å²) in [6.45, 7) is 11.3. The molecule has 0 aliphatic heterocycles. The maximum absolute atomic E-state index is 13.0. The predicted molar refractivity (Wildman–Crippen MR) is 116 cm³/mol. The van der Waals surface area contributed by atoms with Crippen LogP contribution in [0.4, 0.5) is 9.93 Å². The molecule has 156 valence electrons. The van der Waals surface area contributed by atoms with Gasteiger partial charge < -0.3 is 10.0 Å². The lowest BCUT2D eigenvalue weighted by molar-refractivity contribution is -0.133. The Balaban J connectivity index is 1.99. The minimum absolute atomic E-state index is 0.0119. The number of urea groups is 1. The number of nitrogens with one attached hydrogen (secondary N) is 1. The van der Waals surface area contributed by atoms with Crippen molar-refractivity contribution in [3.05, 3.63) is 18.3 Å². The van der Waals surface area contributed by atoms with E-state index in [1.165, 1.54) is 28.7 Å². The van der Waals surface area contributed by atoms with E-state index in [0.29, 0.717) is 17.0 Å². The van der Waals surface area contributed by atoms with Gasteiger partial charge in [0.15, 0.2) is 5.13 Å². The first-order chi connectivity index (χ1) is 13.3. The highest BCUT2D eigenvalue weighted by atomic mass is 32.2. The molecule has 0 spiro atoms. The smallest absolute Gasteiger partial charge is 0.323 e. The van der Waals surface area contributed by atoms with Gasteiger partial charge in [0.05, 0.1) is 16.2 Å². The number of anilines is 1. The van der Waals surface area contributed by atoms with Crippen LogP contribution in [0.25, 0.3) is 0 Å². The topological polar surface area (TPSA) is 82.5 Å². The van der Waals surface area contributed by atoms with Gasteiger partial charge in [-0.1, -0.05) is 37.3 Å². The number of aromatic nitrogens is 1. The number of carbonyl (C=O) groups is 2. The zero-order valence-electron chi connectivity index (χ0n) is 16.9. The van der Waals surface area contributed by atoms with Crippen molar-refractivity contribution in [2.24, 2.45) is 11.8 Å². The van der Waals surface area contributed by atoms with Crippen LogP contribution in [0.5, 0.6) is 0 Å². The number of rotatable bonds is 9. The second-order valence-corrected chi connectivity index (χ2v) is 10.1. The summed E-state index contributed by atoms with van der Waals surface area (Å²) in [4.78, 5) is 29.9. The molecule has 1 heterocycles. The van der Waals surface area contributed by atoms with Crippen LogP contribution in [0.1, 0.15) is 52.9 Å². The molecule has 1 fully saturated rings. The molecule has 1 aliphatic rings. The van der Waals surface area contributed by atoms with Crippen LogP contribution in [-0.4, -0.2) is 45.3 Å². The third kappa shape index (κ3) is 7.13. The molecule has 0 saturated heterocycles. The second kappa shape index (κ2) is 10.9. The number of aliphatic carboxylic acids is 1. The summed E-state index contributed by atoms with van der Waals surface area (Å²) in [5, 5.41) is 12.2. The van der Waals surface area contributed by atoms with Crippen LogP contribution in [0.2, 0.25) is 0 Å². The fraction of sp³-hybridized carbons (Fsp3) is 0.650. The molecule has 1 aromatic rings. The van der Waals surface area contributed by atoms with Gasteiger partial charge in [-0.25, -0.2) is 9.78 Å². The second-order valence-electron chi connectivity index (χ2n) is 7.82. The molecule has 0 aromatic carbocycles. The molecule has 2 N–H and O–H groups in total. The van der Waals surface area contributed by atoms with Crippen molar-refractivity contribution in [1.82, 2.24) is 9.88 Å². The van der Waals surface area contributed by atoms with Crippen LogP contribution in [0, 0.1) is 11.8 Å². The molecule has 0 unspecified atom stereocenters. The standard InChI is InChI=1S/C20H31N3O3S2/c1-13(2)9-10-23(16-7-5-15(6-8-16)14(3)4)20(26)22-19-21-11-18(28-19)27-12-17(24)25/h11,13,15-16H,3,5-10,12H2,1-2,4H3,(H,24,25)(H,21,22,26). The highest BCUT2D eigenvalue weighted by Gasteiger charge is 2.29. The molecular formula is C20H31N3O3S2. The predicted octanol–water partition coefficient (Wildman–Crippen LogP) is 5.33. The number of thioether (sulfide) groups is 1. The van der Waals surface area contributed by atoms with E-state index in [-0.39, 0.29) is 17.8 Å². The van der Waals surface area contributed by atoms with Gasteiger partial charge in [0.1, 0.15) is 0 Å². The van der Waals surface area contributed by atoms with E-state index >= 15 is 0 Å². The van der Waals surface area contributed by atoms with E-state index in [9.17, 15) is 9.59 Å². The van der Waals surface area contributed by atoms with Gasteiger partial charge in [-0.3, -0.25) is 10.1 Å². The Bertz CT molecular complexity index is 682. The van der Waals surface area contributed by atoms with E-state index in [0.717, 1.165) is 42.9 Å². The molecule has 0 atom stereocenters. The highest BCUT2D eigenvalue weighted by molar-refractivity contribution is 8.01. The molecule has 2 rings (SSSR count). The SMILES string of the molecule is C=C(C)C1CCC(N(CCC(C)C)C(=O)Nc2ncc(SCC(=O)O)s2)CC1. The molecule has 6 nitrogen and oxygen atoms in total.